The summed E-state index contributed by atoms with van der Waals surface area (Å²) in [6, 6.07) is 10.9. The van der Waals surface area contributed by atoms with Crippen molar-refractivity contribution in [2.75, 3.05) is 17.2 Å². The van der Waals surface area contributed by atoms with Crippen LogP contribution < -0.4 is 26.4 Å². The van der Waals surface area contributed by atoms with Gasteiger partial charge in [-0.1, -0.05) is 31.4 Å². The van der Waals surface area contributed by atoms with Crippen molar-refractivity contribution >= 4 is 40.6 Å². The largest absolute Gasteiger partial charge is 0.494 e. The van der Waals surface area contributed by atoms with Gasteiger partial charge in [-0.25, -0.2) is 4.39 Å². The number of nitrogens with one attached hydrogen (secondary N) is 1. The molecule has 0 bridgehead atoms. The van der Waals surface area contributed by atoms with Gasteiger partial charge in [-0.2, -0.15) is 4.37 Å². The molecule has 200 valence electrons. The van der Waals surface area contributed by atoms with Crippen molar-refractivity contribution in [3.63, 3.8) is 0 Å². The van der Waals surface area contributed by atoms with E-state index in [4.69, 9.17) is 16.2 Å². The van der Waals surface area contributed by atoms with Gasteiger partial charge in [-0.05, 0) is 73.3 Å². The van der Waals surface area contributed by atoms with Crippen LogP contribution >= 0.6 is 11.5 Å². The third kappa shape index (κ3) is 5.94. The second kappa shape index (κ2) is 12.0. The van der Waals surface area contributed by atoms with Gasteiger partial charge in [0, 0.05) is 11.7 Å². The van der Waals surface area contributed by atoms with E-state index >= 15 is 0 Å². The molecule has 1 saturated carbocycles. The van der Waals surface area contributed by atoms with E-state index in [9.17, 15) is 18.8 Å². The molecule has 1 atom stereocenters. The molecule has 1 fully saturated rings. The maximum atomic E-state index is 14.0. The lowest BCUT2D eigenvalue weighted by atomic mass is 9.94. The summed E-state index contributed by atoms with van der Waals surface area (Å²) < 4.78 is 23.4. The molecular weight excluding hydrogens is 509 g/mol. The van der Waals surface area contributed by atoms with Crippen LogP contribution in [0.2, 0.25) is 0 Å². The molecule has 1 aliphatic carbocycles. The Morgan fingerprint density at radius 2 is 1.76 bits per heavy atom. The van der Waals surface area contributed by atoms with Crippen LogP contribution in [-0.2, 0) is 4.79 Å². The number of hydrogen-bond acceptors (Lipinski definition) is 7. The molecule has 1 heterocycles. The fourth-order valence-corrected chi connectivity index (χ4v) is 5.32. The van der Waals surface area contributed by atoms with Gasteiger partial charge in [-0.15, -0.1) is 0 Å². The molecule has 9 nitrogen and oxygen atoms in total. The number of carbonyl (C=O) groups is 3. The van der Waals surface area contributed by atoms with Crippen molar-refractivity contribution in [3.8, 4) is 5.75 Å². The maximum absolute atomic E-state index is 14.0. The number of rotatable bonds is 9. The average Bonchev–Trinajstić information content (AvgIpc) is 3.30. The second-order valence-corrected chi connectivity index (χ2v) is 9.81. The lowest BCUT2D eigenvalue weighted by Gasteiger charge is -2.33. The van der Waals surface area contributed by atoms with Gasteiger partial charge in [0.25, 0.3) is 11.8 Å². The number of carbonyl (C=O) groups excluding carboxylic acids is 3. The monoisotopic (exact) mass is 539 g/mol. The minimum absolute atomic E-state index is 0.0263. The van der Waals surface area contributed by atoms with E-state index in [1.54, 1.807) is 24.3 Å². The number of hydrogen-bond donors (Lipinski definition) is 3. The third-order valence-electron chi connectivity index (χ3n) is 6.44. The van der Waals surface area contributed by atoms with Crippen molar-refractivity contribution < 1.29 is 23.5 Å². The van der Waals surface area contributed by atoms with Crippen LogP contribution in [0, 0.1) is 5.82 Å². The van der Waals surface area contributed by atoms with Crippen LogP contribution in [0.4, 0.5) is 15.8 Å². The highest BCUT2D eigenvalue weighted by molar-refractivity contribution is 7.09. The summed E-state index contributed by atoms with van der Waals surface area (Å²) in [6.45, 7) is 2.33. The number of ether oxygens (including phenoxy) is 1. The fourth-order valence-electron chi connectivity index (χ4n) is 4.58. The van der Waals surface area contributed by atoms with Gasteiger partial charge in [0.1, 0.15) is 22.5 Å². The Bertz CT molecular complexity index is 1290. The first kappa shape index (κ1) is 27.1. The molecule has 0 radical (unpaired) electrons. The molecule has 0 saturated heterocycles. The molecule has 2 aromatic carbocycles. The molecule has 4 rings (SSSR count). The highest BCUT2D eigenvalue weighted by Crippen LogP contribution is 2.34. The molecule has 1 aliphatic rings. The quantitative estimate of drug-likeness (QED) is 0.372. The van der Waals surface area contributed by atoms with Crippen molar-refractivity contribution in [3.05, 3.63) is 70.5 Å². The van der Waals surface area contributed by atoms with E-state index < -0.39 is 29.6 Å². The zero-order chi connectivity index (χ0) is 27.2. The molecule has 0 aliphatic heterocycles. The summed E-state index contributed by atoms with van der Waals surface area (Å²) in [7, 11) is 0. The molecule has 0 spiro atoms. The summed E-state index contributed by atoms with van der Waals surface area (Å²) in [4.78, 5) is 40.9. The number of nitrogen functional groups attached to an aromatic ring is 1. The number of benzene rings is 2. The molecule has 3 amide bonds. The van der Waals surface area contributed by atoms with E-state index in [0.29, 0.717) is 29.5 Å². The number of halogens is 1. The van der Waals surface area contributed by atoms with E-state index in [0.717, 1.165) is 32.1 Å². The molecular formula is C27H30FN5O4S. The zero-order valence-corrected chi connectivity index (χ0v) is 21.8. The molecule has 3 aromatic rings. The minimum Gasteiger partial charge on any atom is -0.494 e. The Kier molecular flexibility index (Phi) is 8.57. The first-order chi connectivity index (χ1) is 18.3. The van der Waals surface area contributed by atoms with Gasteiger partial charge in [-0.3, -0.25) is 19.3 Å². The Hall–Kier alpha value is -3.99. The van der Waals surface area contributed by atoms with E-state index in [-0.39, 0.29) is 28.0 Å². The minimum atomic E-state index is -1.14. The number of anilines is 2. The first-order valence-electron chi connectivity index (χ1n) is 12.5. The predicted octanol–water partition coefficient (Wildman–Crippen LogP) is 4.20. The Labute approximate surface area is 224 Å². The predicted molar refractivity (Wildman–Crippen MR) is 144 cm³/mol. The summed E-state index contributed by atoms with van der Waals surface area (Å²) in [6.07, 6.45) is 4.81. The topological polar surface area (TPSA) is 141 Å². The maximum Gasteiger partial charge on any atom is 0.273 e. The zero-order valence-electron chi connectivity index (χ0n) is 21.0. The lowest BCUT2D eigenvalue weighted by Crippen LogP contribution is -2.47. The molecule has 5 N–H and O–H groups in total. The highest BCUT2D eigenvalue weighted by Gasteiger charge is 2.37. The summed E-state index contributed by atoms with van der Waals surface area (Å²) in [5, 5.41) is 3.11. The van der Waals surface area contributed by atoms with Crippen molar-refractivity contribution in [2.24, 2.45) is 5.73 Å². The first-order valence-corrected chi connectivity index (χ1v) is 13.2. The van der Waals surface area contributed by atoms with Crippen molar-refractivity contribution in [1.29, 1.82) is 0 Å². The lowest BCUT2D eigenvalue weighted by molar-refractivity contribution is -0.123. The van der Waals surface area contributed by atoms with Crippen molar-refractivity contribution in [2.45, 2.75) is 51.1 Å². The molecule has 11 heteroatoms. The average molecular weight is 540 g/mol. The molecule has 38 heavy (non-hydrogen) atoms. The smallest absolute Gasteiger partial charge is 0.273 e. The fraction of sp³-hybridized carbons (Fsp3) is 0.333. The van der Waals surface area contributed by atoms with Gasteiger partial charge in [0.15, 0.2) is 5.69 Å². The Morgan fingerprint density at radius 3 is 2.34 bits per heavy atom. The normalized spacial score (nSPS) is 14.5. The van der Waals surface area contributed by atoms with Crippen LogP contribution in [0.3, 0.4) is 0 Å². The summed E-state index contributed by atoms with van der Waals surface area (Å²) >= 11 is 0.715. The van der Waals surface area contributed by atoms with Crippen LogP contribution in [0.1, 0.15) is 70.8 Å². The van der Waals surface area contributed by atoms with E-state index in [1.807, 2.05) is 6.92 Å². The number of nitrogens with zero attached hydrogens (tertiary/aromatic N) is 2. The van der Waals surface area contributed by atoms with Gasteiger partial charge >= 0.3 is 0 Å². The van der Waals surface area contributed by atoms with Gasteiger partial charge < -0.3 is 21.5 Å². The molecule has 1 aromatic heterocycles. The molecule has 0 unspecified atom stereocenters. The van der Waals surface area contributed by atoms with E-state index in [2.05, 4.69) is 9.69 Å². The third-order valence-corrected chi connectivity index (χ3v) is 7.30. The van der Waals surface area contributed by atoms with Crippen LogP contribution in [0.25, 0.3) is 0 Å². The number of amides is 3. The van der Waals surface area contributed by atoms with Gasteiger partial charge in [0.05, 0.1) is 12.3 Å². The van der Waals surface area contributed by atoms with Crippen LogP contribution in [0.5, 0.6) is 5.75 Å². The summed E-state index contributed by atoms with van der Waals surface area (Å²) in [5.74, 6) is -1.82. The van der Waals surface area contributed by atoms with E-state index in [1.165, 1.54) is 29.2 Å². The summed E-state index contributed by atoms with van der Waals surface area (Å²) in [5.41, 5.74) is 11.8. The van der Waals surface area contributed by atoms with Gasteiger partial charge in [0.2, 0.25) is 5.91 Å². The standard InChI is InChI=1S/C27H30FN5O4S/c1-2-37-20-14-8-16(9-15-20)23(26(35)31-18-6-4-3-5-7-18)33(19-12-10-17(28)11-13-19)27(36)24-21(29)22(25(30)34)32-38-24/h8-15,18,23H,2-7,29H2,1H3,(H2,30,34)(H,31,35)/t23-/m1/s1. The number of primary amides is 1. The Morgan fingerprint density at radius 1 is 1.11 bits per heavy atom. The highest BCUT2D eigenvalue weighted by atomic mass is 32.1. The number of nitrogens with two attached hydrogens (primary N) is 2. The van der Waals surface area contributed by atoms with Crippen LogP contribution in [0.15, 0.2) is 48.5 Å². The Balaban J connectivity index is 1.82. The SMILES string of the molecule is CCOc1ccc([C@H](C(=O)NC2CCCCC2)N(C(=O)c2snc(C(N)=O)c2N)c2ccc(F)cc2)cc1. The van der Waals surface area contributed by atoms with Crippen molar-refractivity contribution in [1.82, 2.24) is 9.69 Å². The van der Waals surface area contributed by atoms with Crippen LogP contribution in [-0.4, -0.2) is 34.7 Å². The number of aromatic nitrogens is 1. The second-order valence-electron chi connectivity index (χ2n) is 9.04.